The molecule has 1 aromatic heterocycles. The predicted molar refractivity (Wildman–Crippen MR) is 103 cm³/mol. The largest absolute Gasteiger partial charge is 0.439 e. The van der Waals surface area contributed by atoms with Gasteiger partial charge in [-0.15, -0.1) is 0 Å². The van der Waals surface area contributed by atoms with Gasteiger partial charge in [-0.3, -0.25) is 4.79 Å². The fourth-order valence-electron chi connectivity index (χ4n) is 2.11. The number of pyridine rings is 1. The third-order valence-corrected chi connectivity index (χ3v) is 4.31. The second-order valence-corrected chi connectivity index (χ2v) is 6.54. The topological polar surface area (TPSA) is 51.2 Å². The van der Waals surface area contributed by atoms with E-state index < -0.39 is 0 Å². The number of carbonyl (C=O) groups excluding carboxylic acids is 1. The lowest BCUT2D eigenvalue weighted by Crippen LogP contribution is -2.13. The van der Waals surface area contributed by atoms with Gasteiger partial charge in [-0.1, -0.05) is 17.7 Å². The Bertz CT molecular complexity index is 896. The van der Waals surface area contributed by atoms with Gasteiger partial charge in [-0.25, -0.2) is 9.37 Å². The molecular weight excluding hydrogens is 434 g/mol. The van der Waals surface area contributed by atoms with Crippen LogP contribution in [0.25, 0.3) is 0 Å². The van der Waals surface area contributed by atoms with Gasteiger partial charge in [0, 0.05) is 9.64 Å². The number of benzene rings is 2. The minimum atomic E-state index is -0.375. The number of nitrogens with one attached hydrogen (secondary N) is 1. The molecule has 25 heavy (non-hydrogen) atoms. The summed E-state index contributed by atoms with van der Waals surface area (Å²) in [6.45, 7) is 2.00. The summed E-state index contributed by atoms with van der Waals surface area (Å²) in [7, 11) is 0. The highest BCUT2D eigenvalue weighted by atomic mass is 127. The van der Waals surface area contributed by atoms with Crippen molar-refractivity contribution in [3.05, 3.63) is 81.3 Å². The first kappa shape index (κ1) is 17.3. The molecule has 0 aliphatic rings. The lowest BCUT2D eigenvalue weighted by molar-refractivity contribution is 0.102. The molecule has 3 rings (SSSR count). The van der Waals surface area contributed by atoms with Crippen molar-refractivity contribution in [3.8, 4) is 11.6 Å². The SMILES string of the molecule is Cc1ccc(Oc2ccc(NC(=O)c3ccc(F)cc3I)cn2)cc1. The monoisotopic (exact) mass is 448 g/mol. The van der Waals surface area contributed by atoms with E-state index in [9.17, 15) is 9.18 Å². The summed E-state index contributed by atoms with van der Waals surface area (Å²) >= 11 is 1.93. The van der Waals surface area contributed by atoms with Crippen molar-refractivity contribution in [1.82, 2.24) is 4.98 Å². The molecule has 0 unspecified atom stereocenters. The maximum Gasteiger partial charge on any atom is 0.256 e. The second-order valence-electron chi connectivity index (χ2n) is 5.38. The number of nitrogens with zero attached hydrogens (tertiary/aromatic N) is 1. The minimum absolute atomic E-state index is 0.321. The van der Waals surface area contributed by atoms with Gasteiger partial charge >= 0.3 is 0 Å². The molecule has 1 heterocycles. The third kappa shape index (κ3) is 4.54. The Kier molecular flexibility index (Phi) is 5.28. The van der Waals surface area contributed by atoms with Gasteiger partial charge in [-0.2, -0.15) is 0 Å². The van der Waals surface area contributed by atoms with E-state index in [4.69, 9.17) is 4.74 Å². The number of rotatable bonds is 4. The van der Waals surface area contributed by atoms with E-state index in [1.165, 1.54) is 24.4 Å². The Labute approximate surface area is 158 Å². The van der Waals surface area contributed by atoms with E-state index in [-0.39, 0.29) is 11.7 Å². The lowest BCUT2D eigenvalue weighted by Gasteiger charge is -2.08. The van der Waals surface area contributed by atoms with Crippen molar-refractivity contribution in [3.63, 3.8) is 0 Å². The first-order valence-electron chi connectivity index (χ1n) is 7.48. The van der Waals surface area contributed by atoms with Gasteiger partial charge in [-0.05, 0) is 65.9 Å². The predicted octanol–water partition coefficient (Wildman–Crippen LogP) is 5.18. The van der Waals surface area contributed by atoms with Crippen LogP contribution < -0.4 is 10.1 Å². The minimum Gasteiger partial charge on any atom is -0.439 e. The molecule has 0 bridgehead atoms. The number of aryl methyl sites for hydroxylation is 1. The van der Waals surface area contributed by atoms with Crippen molar-refractivity contribution < 1.29 is 13.9 Å². The van der Waals surface area contributed by atoms with Crippen molar-refractivity contribution >= 4 is 34.2 Å². The summed E-state index contributed by atoms with van der Waals surface area (Å²) in [5.41, 5.74) is 2.08. The zero-order valence-electron chi connectivity index (χ0n) is 13.3. The Morgan fingerprint density at radius 3 is 2.52 bits per heavy atom. The van der Waals surface area contributed by atoms with E-state index in [1.807, 2.05) is 53.8 Å². The maximum atomic E-state index is 13.1. The number of anilines is 1. The first-order valence-corrected chi connectivity index (χ1v) is 8.56. The van der Waals surface area contributed by atoms with E-state index in [2.05, 4.69) is 10.3 Å². The van der Waals surface area contributed by atoms with Crippen molar-refractivity contribution in [2.24, 2.45) is 0 Å². The molecule has 1 amide bonds. The van der Waals surface area contributed by atoms with E-state index in [0.29, 0.717) is 26.5 Å². The van der Waals surface area contributed by atoms with Crippen LogP contribution in [-0.4, -0.2) is 10.9 Å². The van der Waals surface area contributed by atoms with Gasteiger partial charge < -0.3 is 10.1 Å². The zero-order valence-corrected chi connectivity index (χ0v) is 15.5. The van der Waals surface area contributed by atoms with Crippen LogP contribution in [0.4, 0.5) is 10.1 Å². The third-order valence-electron chi connectivity index (χ3n) is 3.41. The number of ether oxygens (including phenoxy) is 1. The molecule has 0 spiro atoms. The van der Waals surface area contributed by atoms with E-state index in [1.54, 1.807) is 12.1 Å². The smallest absolute Gasteiger partial charge is 0.256 e. The van der Waals surface area contributed by atoms with Gasteiger partial charge in [0.05, 0.1) is 17.4 Å². The molecule has 6 heteroatoms. The standard InChI is InChI=1S/C19H14FIN2O2/c1-12-2-6-15(7-3-12)25-18-9-5-14(11-22-18)23-19(24)16-8-4-13(20)10-17(16)21/h2-11H,1H3,(H,23,24). The first-order chi connectivity index (χ1) is 12.0. The van der Waals surface area contributed by atoms with E-state index in [0.717, 1.165) is 5.56 Å². The van der Waals surface area contributed by atoms with Crippen LogP contribution in [0.1, 0.15) is 15.9 Å². The zero-order chi connectivity index (χ0) is 17.8. The summed E-state index contributed by atoms with van der Waals surface area (Å²) in [4.78, 5) is 16.4. The molecule has 0 atom stereocenters. The number of aromatic nitrogens is 1. The molecule has 0 aliphatic carbocycles. The fourth-order valence-corrected chi connectivity index (χ4v) is 2.84. The molecule has 1 N–H and O–H groups in total. The summed E-state index contributed by atoms with van der Waals surface area (Å²) in [5.74, 6) is 0.424. The maximum absolute atomic E-state index is 13.1. The van der Waals surface area contributed by atoms with Crippen molar-refractivity contribution in [2.45, 2.75) is 6.92 Å². The van der Waals surface area contributed by atoms with Crippen LogP contribution in [0, 0.1) is 16.3 Å². The molecule has 0 fully saturated rings. The Hall–Kier alpha value is -2.48. The molecule has 0 aliphatic heterocycles. The number of amides is 1. The fraction of sp³-hybridized carbons (Fsp3) is 0.0526. The quantitative estimate of drug-likeness (QED) is 0.560. The molecule has 3 aromatic rings. The number of halogens is 2. The molecule has 0 saturated heterocycles. The number of hydrogen-bond acceptors (Lipinski definition) is 3. The summed E-state index contributed by atoms with van der Waals surface area (Å²) in [6, 6.07) is 15.0. The highest BCUT2D eigenvalue weighted by Gasteiger charge is 2.11. The molecule has 0 radical (unpaired) electrons. The lowest BCUT2D eigenvalue weighted by atomic mass is 10.2. The molecule has 126 valence electrons. The summed E-state index contributed by atoms with van der Waals surface area (Å²) in [5, 5.41) is 2.73. The van der Waals surface area contributed by atoms with Crippen LogP contribution in [0.5, 0.6) is 11.6 Å². The molecular formula is C19H14FIN2O2. The van der Waals surface area contributed by atoms with Gasteiger partial charge in [0.1, 0.15) is 11.6 Å². The van der Waals surface area contributed by atoms with Crippen molar-refractivity contribution in [2.75, 3.05) is 5.32 Å². The Morgan fingerprint density at radius 1 is 1.12 bits per heavy atom. The van der Waals surface area contributed by atoms with Crippen molar-refractivity contribution in [1.29, 1.82) is 0 Å². The molecule has 0 saturated carbocycles. The highest BCUT2D eigenvalue weighted by Crippen LogP contribution is 2.21. The number of hydrogen-bond donors (Lipinski definition) is 1. The average Bonchev–Trinajstić information content (AvgIpc) is 2.58. The van der Waals surface area contributed by atoms with Crippen LogP contribution >= 0.6 is 22.6 Å². The second kappa shape index (κ2) is 7.60. The summed E-state index contributed by atoms with van der Waals surface area (Å²) in [6.07, 6.45) is 1.51. The highest BCUT2D eigenvalue weighted by molar-refractivity contribution is 14.1. The normalized spacial score (nSPS) is 10.4. The van der Waals surface area contributed by atoms with E-state index >= 15 is 0 Å². The van der Waals surface area contributed by atoms with Crippen LogP contribution in [0.2, 0.25) is 0 Å². The number of carbonyl (C=O) groups is 1. The van der Waals surface area contributed by atoms with Crippen LogP contribution in [-0.2, 0) is 0 Å². The Morgan fingerprint density at radius 2 is 1.88 bits per heavy atom. The van der Waals surface area contributed by atoms with Gasteiger partial charge in [0.15, 0.2) is 0 Å². The molecule has 4 nitrogen and oxygen atoms in total. The molecule has 2 aromatic carbocycles. The van der Waals surface area contributed by atoms with Gasteiger partial charge in [0.2, 0.25) is 5.88 Å². The van der Waals surface area contributed by atoms with Crippen LogP contribution in [0.3, 0.4) is 0 Å². The Balaban J connectivity index is 1.67. The average molecular weight is 448 g/mol. The van der Waals surface area contributed by atoms with Crippen LogP contribution in [0.15, 0.2) is 60.8 Å². The van der Waals surface area contributed by atoms with Gasteiger partial charge in [0.25, 0.3) is 5.91 Å². The summed E-state index contributed by atoms with van der Waals surface area (Å²) < 4.78 is 19.3.